The van der Waals surface area contributed by atoms with Crippen molar-refractivity contribution in [3.8, 4) is 17.2 Å². The van der Waals surface area contributed by atoms with Gasteiger partial charge in [0.25, 0.3) is 0 Å². The zero-order chi connectivity index (χ0) is 55.4. The SMILES string of the molecule is CC(=N)CC[C@H](O)c1cc(O)cc([131I])c1.CC(=N)CC[C@H](O)c1cc(O)ccc1[131I].CC(=N)CC[C@H](O)c1ccc([131I])c(O)c1.CC(=N)CC[C@H](O)c1cccc([131I])c1.CC(=N)CC[C@H](O)c1ccccc1[131I]. The lowest BCUT2D eigenvalue weighted by Gasteiger charge is -2.12. The average Bonchev–Trinajstić information content (AvgIpc) is 3.32. The Balaban J connectivity index is 0.000000456. The first-order valence-electron chi connectivity index (χ1n) is 23.3. The third kappa shape index (κ3) is 30.6. The second-order valence-electron chi connectivity index (χ2n) is 17.4. The van der Waals surface area contributed by atoms with Crippen LogP contribution in [0.3, 0.4) is 0 Å². The van der Waals surface area contributed by atoms with Gasteiger partial charge in [-0.05, 0) is 306 Å². The molecule has 5 rings (SSSR count). The van der Waals surface area contributed by atoms with Crippen LogP contribution < -0.4 is 0 Å². The quantitative estimate of drug-likeness (QED) is 0.0262. The van der Waals surface area contributed by atoms with E-state index < -0.39 is 30.5 Å². The molecule has 0 saturated heterocycles. The summed E-state index contributed by atoms with van der Waals surface area (Å²) in [6, 6.07) is 30.8. The molecule has 0 unspecified atom stereocenters. The first-order chi connectivity index (χ1) is 34.2. The minimum Gasteiger partial charge on any atom is -0.508 e. The third-order valence-corrected chi connectivity index (χ3v) is 14.6. The summed E-state index contributed by atoms with van der Waals surface area (Å²) < 4.78 is 4.81. The van der Waals surface area contributed by atoms with Crippen molar-refractivity contribution in [2.45, 2.75) is 129 Å². The zero-order valence-corrected chi connectivity index (χ0v) is 52.5. The molecule has 0 fully saturated rings. The van der Waals surface area contributed by atoms with E-state index >= 15 is 0 Å². The van der Waals surface area contributed by atoms with Crippen LogP contribution >= 0.6 is 113 Å². The Labute approximate surface area is 499 Å². The molecule has 5 aromatic rings. The van der Waals surface area contributed by atoms with Crippen LogP contribution in [0.1, 0.15) is 157 Å². The summed E-state index contributed by atoms with van der Waals surface area (Å²) in [5.74, 6) is 0.525. The maximum absolute atomic E-state index is 9.86. The van der Waals surface area contributed by atoms with Crippen molar-refractivity contribution >= 4 is 142 Å². The molecule has 0 saturated carbocycles. The van der Waals surface area contributed by atoms with Crippen molar-refractivity contribution < 1.29 is 40.9 Å². The van der Waals surface area contributed by atoms with E-state index in [9.17, 15) is 40.9 Å². The summed E-state index contributed by atoms with van der Waals surface area (Å²) in [6.07, 6.45) is 3.19. The van der Waals surface area contributed by atoms with Crippen LogP contribution in [0.2, 0.25) is 0 Å². The number of aromatic hydroxyl groups is 3. The highest BCUT2D eigenvalue weighted by Crippen LogP contribution is 2.29. The van der Waals surface area contributed by atoms with Crippen LogP contribution in [0, 0.1) is 44.9 Å². The molecule has 5 aromatic carbocycles. The summed E-state index contributed by atoms with van der Waals surface area (Å²) in [6.45, 7) is 8.70. The number of halogens is 5. The Kier molecular flexibility index (Phi) is 34.8. The molecule has 398 valence electrons. The lowest BCUT2D eigenvalue weighted by molar-refractivity contribution is 0.168. The molecule has 0 aliphatic rings. The number of rotatable bonds is 20. The van der Waals surface area contributed by atoms with Gasteiger partial charge in [0.2, 0.25) is 0 Å². The summed E-state index contributed by atoms with van der Waals surface area (Å²) in [7, 11) is 0. The van der Waals surface area contributed by atoms with Gasteiger partial charge in [0.1, 0.15) is 17.2 Å². The standard InChI is InChI=1S/3C11H14INO2.2C11H14INO/c1-7(13)2-5-11(15)9-6-8(14)3-4-10(9)12;1-7(13)2-5-10(14)8-3-4-9(12)11(15)6-8;1-7(13)2-3-11(15)8-4-9(12)6-10(14)5-8;1-8(13)5-6-11(14)9-3-2-4-10(12)7-9;1-8(13)6-7-11(14)9-4-2-3-5-10(9)12/h3-4,6,11,13-15H,2,5H2,1H3;3-4,6,10,13-15H,2,5H2,1H3;4-6,11,13-15H,2-3H2,1H3;2-4,7,11,13-14H,5-6H2,1H3;2-5,11,13-14H,6-7H2,1H3/t11-;10-;3*11-/m00000/s1/i5*12+4. The fourth-order valence-corrected chi connectivity index (χ4v) is 9.37. The Hall–Kier alpha value is -2.70. The van der Waals surface area contributed by atoms with Crippen LogP contribution in [0.5, 0.6) is 17.2 Å². The van der Waals surface area contributed by atoms with E-state index in [0.717, 1.165) is 34.5 Å². The van der Waals surface area contributed by atoms with Gasteiger partial charge in [-0.15, -0.1) is 0 Å². The molecular formula is C55H70I5N5O8. The predicted octanol–water partition coefficient (Wildman–Crippen LogP) is 14.8. The summed E-state index contributed by atoms with van der Waals surface area (Å²) in [4.78, 5) is 0. The van der Waals surface area contributed by atoms with Crippen molar-refractivity contribution in [1.29, 1.82) is 27.0 Å². The minimum atomic E-state index is -0.607. The van der Waals surface area contributed by atoms with Gasteiger partial charge in [-0.1, -0.05) is 36.4 Å². The Morgan fingerprint density at radius 1 is 0.370 bits per heavy atom. The van der Waals surface area contributed by atoms with Gasteiger partial charge >= 0.3 is 0 Å². The van der Waals surface area contributed by atoms with Crippen LogP contribution in [-0.4, -0.2) is 69.4 Å². The van der Waals surface area contributed by atoms with Crippen LogP contribution in [-0.2, 0) is 0 Å². The summed E-state index contributed by atoms with van der Waals surface area (Å²) in [5.41, 5.74) is 6.97. The molecule has 73 heavy (non-hydrogen) atoms. The zero-order valence-electron chi connectivity index (χ0n) is 41.7. The van der Waals surface area contributed by atoms with Crippen LogP contribution in [0.15, 0.2) is 103 Å². The predicted molar refractivity (Wildman–Crippen MR) is 339 cm³/mol. The van der Waals surface area contributed by atoms with Gasteiger partial charge in [-0.3, -0.25) is 0 Å². The fourth-order valence-electron chi connectivity index (χ4n) is 6.35. The first-order valence-corrected chi connectivity index (χ1v) is 28.7. The Morgan fingerprint density at radius 3 is 1.23 bits per heavy atom. The molecule has 0 aliphatic carbocycles. The number of nitrogens with one attached hydrogen (secondary N) is 5. The van der Waals surface area contributed by atoms with E-state index in [2.05, 4.69) is 90.4 Å². The Bertz CT molecular complexity index is 2530. The van der Waals surface area contributed by atoms with Gasteiger partial charge in [0.05, 0.1) is 34.1 Å². The minimum absolute atomic E-state index is 0.163. The maximum atomic E-state index is 9.86. The molecule has 13 nitrogen and oxygen atoms in total. The van der Waals surface area contributed by atoms with Crippen molar-refractivity contribution in [2.24, 2.45) is 0 Å². The molecule has 5 atom stereocenters. The summed E-state index contributed by atoms with van der Waals surface area (Å²) in [5, 5.41) is 114. The van der Waals surface area contributed by atoms with Crippen LogP contribution in [0.25, 0.3) is 0 Å². The second-order valence-corrected chi connectivity index (χ2v) is 23.4. The fraction of sp³-hybridized carbons (Fsp3) is 0.364. The molecular weight excluding hydrogens is 1510 g/mol. The van der Waals surface area contributed by atoms with E-state index in [0.29, 0.717) is 104 Å². The van der Waals surface area contributed by atoms with Gasteiger partial charge in [-0.2, -0.15) is 0 Å². The van der Waals surface area contributed by atoms with Crippen molar-refractivity contribution in [3.63, 3.8) is 0 Å². The van der Waals surface area contributed by atoms with Crippen molar-refractivity contribution in [1.82, 2.24) is 0 Å². The smallest absolute Gasteiger partial charge is 0.129 e. The van der Waals surface area contributed by atoms with Gasteiger partial charge < -0.3 is 67.9 Å². The van der Waals surface area contributed by atoms with E-state index in [-0.39, 0.29) is 17.2 Å². The van der Waals surface area contributed by atoms with E-state index in [1.54, 1.807) is 83.1 Å². The number of phenols is 3. The van der Waals surface area contributed by atoms with Gasteiger partial charge in [0.15, 0.2) is 0 Å². The molecule has 0 heterocycles. The Morgan fingerprint density at radius 2 is 0.781 bits per heavy atom. The molecule has 18 heteroatoms. The number of aliphatic hydroxyl groups is 5. The highest BCUT2D eigenvalue weighted by atomic mass is 131. The average molecular weight is 1580 g/mol. The lowest BCUT2D eigenvalue weighted by atomic mass is 10.0. The number of aliphatic hydroxyl groups excluding tert-OH is 5. The topological polar surface area (TPSA) is 281 Å². The maximum Gasteiger partial charge on any atom is 0.129 e. The highest BCUT2D eigenvalue weighted by molar-refractivity contribution is 14.1. The molecule has 0 bridgehead atoms. The number of phenolic OH excluding ortho intramolecular Hbond substituents is 3. The summed E-state index contributed by atoms with van der Waals surface area (Å²) >= 11 is 10.7. The lowest BCUT2D eigenvalue weighted by Crippen LogP contribution is -2.02. The molecule has 0 aliphatic heterocycles. The van der Waals surface area contributed by atoms with E-state index in [1.165, 1.54) is 0 Å². The second kappa shape index (κ2) is 37.1. The highest BCUT2D eigenvalue weighted by Gasteiger charge is 2.14. The van der Waals surface area contributed by atoms with Gasteiger partial charge in [0, 0.05) is 42.8 Å². The van der Waals surface area contributed by atoms with E-state index in [4.69, 9.17) is 27.0 Å². The van der Waals surface area contributed by atoms with Crippen LogP contribution in [0.4, 0.5) is 0 Å². The van der Waals surface area contributed by atoms with Gasteiger partial charge in [-0.25, -0.2) is 0 Å². The number of benzene rings is 5. The largest absolute Gasteiger partial charge is 0.508 e. The molecule has 0 spiro atoms. The molecule has 0 aromatic heterocycles. The van der Waals surface area contributed by atoms with Crippen molar-refractivity contribution in [3.05, 3.63) is 149 Å². The first kappa shape index (κ1) is 68.3. The van der Waals surface area contributed by atoms with E-state index in [1.807, 2.05) is 77.2 Å². The van der Waals surface area contributed by atoms with Crippen molar-refractivity contribution in [2.75, 3.05) is 0 Å². The molecule has 13 N–H and O–H groups in total. The normalized spacial score (nSPS) is 12.5. The number of hydrogen-bond donors (Lipinski definition) is 13. The monoisotopic (exact) mass is 1580 g/mol. The molecule has 0 radical (unpaired) electrons. The third-order valence-electron chi connectivity index (χ3n) is 10.4. The molecule has 0 amide bonds. The number of hydrogen-bond acceptors (Lipinski definition) is 13.